The van der Waals surface area contributed by atoms with E-state index in [9.17, 15) is 0 Å². The SMILES string of the molecule is COC1CCCC(Oc2nc(N)nc(Cl)n2)C1. The molecule has 1 aliphatic rings. The maximum absolute atomic E-state index is 5.68. The van der Waals surface area contributed by atoms with Gasteiger partial charge in [0.2, 0.25) is 11.2 Å². The van der Waals surface area contributed by atoms with E-state index in [1.54, 1.807) is 7.11 Å². The van der Waals surface area contributed by atoms with E-state index in [1.807, 2.05) is 0 Å². The van der Waals surface area contributed by atoms with Gasteiger partial charge in [-0.1, -0.05) is 0 Å². The van der Waals surface area contributed by atoms with Gasteiger partial charge >= 0.3 is 6.01 Å². The summed E-state index contributed by atoms with van der Waals surface area (Å²) in [7, 11) is 1.71. The van der Waals surface area contributed by atoms with Crippen molar-refractivity contribution in [3.05, 3.63) is 5.28 Å². The molecule has 1 aliphatic carbocycles. The average Bonchev–Trinajstić information content (AvgIpc) is 2.28. The Bertz CT molecular complexity index is 370. The zero-order chi connectivity index (χ0) is 12.3. The molecule has 1 aromatic rings. The van der Waals surface area contributed by atoms with Crippen LogP contribution in [0.1, 0.15) is 25.7 Å². The van der Waals surface area contributed by atoms with Gasteiger partial charge in [0, 0.05) is 13.5 Å². The number of aromatic nitrogens is 3. The van der Waals surface area contributed by atoms with E-state index < -0.39 is 0 Å². The number of nitrogen functional groups attached to an aromatic ring is 1. The summed E-state index contributed by atoms with van der Waals surface area (Å²) in [4.78, 5) is 11.4. The summed E-state index contributed by atoms with van der Waals surface area (Å²) >= 11 is 5.68. The molecule has 0 saturated heterocycles. The van der Waals surface area contributed by atoms with Crippen molar-refractivity contribution in [2.45, 2.75) is 37.9 Å². The molecule has 7 heteroatoms. The summed E-state index contributed by atoms with van der Waals surface area (Å²) in [5.41, 5.74) is 5.47. The Morgan fingerprint density at radius 1 is 1.24 bits per heavy atom. The van der Waals surface area contributed by atoms with Crippen LogP contribution in [0.4, 0.5) is 5.95 Å². The quantitative estimate of drug-likeness (QED) is 0.883. The van der Waals surface area contributed by atoms with Crippen LogP contribution in [0.15, 0.2) is 0 Å². The minimum Gasteiger partial charge on any atom is -0.460 e. The first-order chi connectivity index (χ1) is 8.17. The lowest BCUT2D eigenvalue weighted by molar-refractivity contribution is 0.0179. The summed E-state index contributed by atoms with van der Waals surface area (Å²) in [6.07, 6.45) is 4.21. The van der Waals surface area contributed by atoms with E-state index in [4.69, 9.17) is 26.8 Å². The predicted octanol–water partition coefficient (Wildman–Crippen LogP) is 1.44. The van der Waals surface area contributed by atoms with E-state index in [0.717, 1.165) is 25.7 Å². The number of methoxy groups -OCH3 is 1. The lowest BCUT2D eigenvalue weighted by atomic mass is 9.95. The van der Waals surface area contributed by atoms with Gasteiger partial charge in [0.15, 0.2) is 0 Å². The first kappa shape index (κ1) is 12.3. The first-order valence-corrected chi connectivity index (χ1v) is 5.91. The van der Waals surface area contributed by atoms with E-state index in [2.05, 4.69) is 15.0 Å². The third-order valence-corrected chi connectivity index (χ3v) is 2.96. The molecule has 0 aromatic carbocycles. The minimum absolute atomic E-state index is 0.0477. The maximum atomic E-state index is 5.68. The number of anilines is 1. The fourth-order valence-electron chi connectivity index (χ4n) is 1.97. The molecule has 0 spiro atoms. The lowest BCUT2D eigenvalue weighted by Gasteiger charge is -2.27. The maximum Gasteiger partial charge on any atom is 0.322 e. The third kappa shape index (κ3) is 3.41. The first-order valence-electron chi connectivity index (χ1n) is 5.54. The molecule has 2 atom stereocenters. The normalized spacial score (nSPS) is 24.6. The second kappa shape index (κ2) is 5.46. The van der Waals surface area contributed by atoms with Crippen molar-refractivity contribution in [1.29, 1.82) is 0 Å². The molecule has 2 N–H and O–H groups in total. The number of halogens is 1. The van der Waals surface area contributed by atoms with Crippen LogP contribution >= 0.6 is 11.6 Å². The predicted molar refractivity (Wildman–Crippen MR) is 62.9 cm³/mol. The van der Waals surface area contributed by atoms with Crippen molar-refractivity contribution in [2.75, 3.05) is 12.8 Å². The summed E-state index contributed by atoms with van der Waals surface area (Å²) in [5, 5.41) is 0.0478. The van der Waals surface area contributed by atoms with Crippen molar-refractivity contribution in [3.8, 4) is 6.01 Å². The summed E-state index contributed by atoms with van der Waals surface area (Å²) in [6.45, 7) is 0. The Labute approximate surface area is 105 Å². The summed E-state index contributed by atoms with van der Waals surface area (Å²) in [6, 6.07) is 0.184. The lowest BCUT2D eigenvalue weighted by Crippen LogP contribution is -2.30. The van der Waals surface area contributed by atoms with Crippen molar-refractivity contribution >= 4 is 17.5 Å². The van der Waals surface area contributed by atoms with Crippen LogP contribution in [0.25, 0.3) is 0 Å². The Morgan fingerprint density at radius 2 is 2.00 bits per heavy atom. The summed E-state index contributed by atoms with van der Waals surface area (Å²) < 4.78 is 11.0. The van der Waals surface area contributed by atoms with Crippen LogP contribution in [0.5, 0.6) is 6.01 Å². The monoisotopic (exact) mass is 258 g/mol. The van der Waals surface area contributed by atoms with E-state index in [-0.39, 0.29) is 29.5 Å². The molecule has 1 aromatic heterocycles. The van der Waals surface area contributed by atoms with Crippen LogP contribution in [0.3, 0.4) is 0 Å². The molecule has 1 heterocycles. The Hall–Kier alpha value is -1.14. The second-order valence-corrected chi connectivity index (χ2v) is 4.35. The highest BCUT2D eigenvalue weighted by Gasteiger charge is 2.24. The van der Waals surface area contributed by atoms with Crippen LogP contribution in [0, 0.1) is 0 Å². The average molecular weight is 259 g/mol. The van der Waals surface area contributed by atoms with Gasteiger partial charge in [-0.2, -0.15) is 15.0 Å². The molecule has 1 saturated carbocycles. The zero-order valence-corrected chi connectivity index (χ0v) is 10.4. The van der Waals surface area contributed by atoms with E-state index in [1.165, 1.54) is 0 Å². The highest BCUT2D eigenvalue weighted by atomic mass is 35.5. The molecule has 0 aliphatic heterocycles. The Morgan fingerprint density at radius 3 is 2.71 bits per heavy atom. The molecule has 17 heavy (non-hydrogen) atoms. The van der Waals surface area contributed by atoms with E-state index in [0.29, 0.717) is 0 Å². The molecular weight excluding hydrogens is 244 g/mol. The van der Waals surface area contributed by atoms with Gasteiger partial charge < -0.3 is 15.2 Å². The molecule has 0 radical (unpaired) electrons. The molecule has 94 valence electrons. The van der Waals surface area contributed by atoms with Gasteiger partial charge in [-0.3, -0.25) is 0 Å². The number of hydrogen-bond donors (Lipinski definition) is 1. The van der Waals surface area contributed by atoms with Crippen molar-refractivity contribution in [2.24, 2.45) is 0 Å². The van der Waals surface area contributed by atoms with Gasteiger partial charge in [0.05, 0.1) is 6.10 Å². The van der Waals surface area contributed by atoms with Gasteiger partial charge in [-0.15, -0.1) is 0 Å². The molecule has 2 unspecified atom stereocenters. The fourth-order valence-corrected chi connectivity index (χ4v) is 2.13. The molecule has 0 amide bonds. The van der Waals surface area contributed by atoms with Crippen molar-refractivity contribution < 1.29 is 9.47 Å². The largest absolute Gasteiger partial charge is 0.460 e. The van der Waals surface area contributed by atoms with Gasteiger partial charge in [-0.25, -0.2) is 0 Å². The number of nitrogens with two attached hydrogens (primary N) is 1. The Balaban J connectivity index is 2.00. The van der Waals surface area contributed by atoms with Gasteiger partial charge in [0.25, 0.3) is 0 Å². The second-order valence-electron chi connectivity index (χ2n) is 4.01. The van der Waals surface area contributed by atoms with Crippen molar-refractivity contribution in [3.63, 3.8) is 0 Å². The highest BCUT2D eigenvalue weighted by Crippen LogP contribution is 2.24. The zero-order valence-electron chi connectivity index (χ0n) is 9.60. The van der Waals surface area contributed by atoms with Crippen LogP contribution < -0.4 is 10.5 Å². The van der Waals surface area contributed by atoms with Crippen molar-refractivity contribution in [1.82, 2.24) is 15.0 Å². The van der Waals surface area contributed by atoms with Crippen LogP contribution in [-0.4, -0.2) is 34.3 Å². The van der Waals surface area contributed by atoms with Crippen LogP contribution in [-0.2, 0) is 4.74 Å². The standard InChI is InChI=1S/C10H15ClN4O2/c1-16-6-3-2-4-7(5-6)17-10-14-8(11)13-9(12)15-10/h6-7H,2-5H2,1H3,(H2,12,13,14,15). The number of rotatable bonds is 3. The summed E-state index contributed by atoms with van der Waals surface area (Å²) in [5.74, 6) is 0.0686. The number of hydrogen-bond acceptors (Lipinski definition) is 6. The minimum atomic E-state index is 0.0477. The Kier molecular flexibility index (Phi) is 3.96. The fraction of sp³-hybridized carbons (Fsp3) is 0.700. The smallest absolute Gasteiger partial charge is 0.322 e. The highest BCUT2D eigenvalue weighted by molar-refractivity contribution is 6.28. The van der Waals surface area contributed by atoms with Gasteiger partial charge in [0.1, 0.15) is 6.10 Å². The number of ether oxygens (including phenoxy) is 2. The number of nitrogens with zero attached hydrogens (tertiary/aromatic N) is 3. The molecule has 1 fully saturated rings. The topological polar surface area (TPSA) is 83.2 Å². The molecular formula is C10H15ClN4O2. The van der Waals surface area contributed by atoms with Crippen LogP contribution in [0.2, 0.25) is 5.28 Å². The molecule has 6 nitrogen and oxygen atoms in total. The molecule has 0 bridgehead atoms. The molecule has 2 rings (SSSR count). The third-order valence-electron chi connectivity index (χ3n) is 2.79. The van der Waals surface area contributed by atoms with Gasteiger partial charge in [-0.05, 0) is 30.9 Å². The van der Waals surface area contributed by atoms with E-state index >= 15 is 0 Å².